The molecule has 2 N–H and O–H groups in total. The first-order valence-electron chi connectivity index (χ1n) is 10.6. The van der Waals surface area contributed by atoms with E-state index in [1.54, 1.807) is 0 Å². The summed E-state index contributed by atoms with van der Waals surface area (Å²) >= 11 is 0. The first-order valence-corrected chi connectivity index (χ1v) is 10.6. The monoisotopic (exact) mass is 487 g/mol. The van der Waals surface area contributed by atoms with Crippen LogP contribution in [0.2, 0.25) is 0 Å². The molecule has 2 aromatic carbocycles. The summed E-state index contributed by atoms with van der Waals surface area (Å²) in [5, 5.41) is 14.5. The Bertz CT molecular complexity index is 1170. The number of fused-ring (bicyclic) bond motifs is 1. The lowest BCUT2D eigenvalue weighted by atomic mass is 9.79. The minimum atomic E-state index is -4.61. The summed E-state index contributed by atoms with van der Waals surface area (Å²) in [5.41, 5.74) is -2.67. The summed E-state index contributed by atoms with van der Waals surface area (Å²) in [4.78, 5) is 3.99. The first kappa shape index (κ1) is 24.3. The highest BCUT2D eigenvalue weighted by atomic mass is 19.4. The molecule has 1 aliphatic heterocycles. The number of aromatic nitrogens is 2. The van der Waals surface area contributed by atoms with Gasteiger partial charge < -0.3 is 19.7 Å². The van der Waals surface area contributed by atoms with E-state index in [2.05, 4.69) is 10.3 Å². The molecule has 0 bridgehead atoms. The molecule has 184 valence electrons. The molecule has 4 rings (SSSR count). The van der Waals surface area contributed by atoms with E-state index in [0.717, 1.165) is 18.2 Å². The third kappa shape index (κ3) is 4.85. The average Bonchev–Trinajstić information content (AvgIpc) is 3.10. The lowest BCUT2D eigenvalue weighted by Crippen LogP contribution is -2.53. The highest BCUT2D eigenvalue weighted by molar-refractivity contribution is 5.81. The number of benzene rings is 2. The van der Waals surface area contributed by atoms with Gasteiger partial charge in [-0.15, -0.1) is 0 Å². The molecule has 3 atom stereocenters. The molecule has 1 saturated heterocycles. The molecule has 0 aliphatic carbocycles. The SMILES string of the molecule is C[C@H]1C[C@@](O)(c2ccc(C(F)(F)F)cc2)C[C@@H](COc2cc(C(F)(F)F)c3c(c2)ncn3C)N1. The summed E-state index contributed by atoms with van der Waals surface area (Å²) < 4.78 is 86.3. The molecule has 11 heteroatoms. The summed E-state index contributed by atoms with van der Waals surface area (Å²) in [6.07, 6.45) is -7.43. The number of aliphatic hydroxyl groups is 1. The van der Waals surface area contributed by atoms with Crippen LogP contribution in [0.5, 0.6) is 5.75 Å². The van der Waals surface area contributed by atoms with E-state index in [0.29, 0.717) is 5.56 Å². The number of imidazole rings is 1. The zero-order valence-electron chi connectivity index (χ0n) is 18.3. The second-order valence-corrected chi connectivity index (χ2v) is 8.78. The highest BCUT2D eigenvalue weighted by Crippen LogP contribution is 2.39. The maximum atomic E-state index is 13.6. The molecule has 1 aromatic heterocycles. The van der Waals surface area contributed by atoms with Crippen LogP contribution in [0.15, 0.2) is 42.7 Å². The number of alkyl halides is 6. The van der Waals surface area contributed by atoms with Crippen molar-refractivity contribution in [3.8, 4) is 5.75 Å². The van der Waals surface area contributed by atoms with Crippen LogP contribution in [0, 0.1) is 0 Å². The van der Waals surface area contributed by atoms with Gasteiger partial charge in [-0.1, -0.05) is 12.1 Å². The van der Waals surface area contributed by atoms with Gasteiger partial charge in [0, 0.05) is 25.2 Å². The summed E-state index contributed by atoms with van der Waals surface area (Å²) in [5.74, 6) is -0.0170. The molecule has 0 spiro atoms. The number of rotatable bonds is 4. The molecule has 2 heterocycles. The Morgan fingerprint density at radius 1 is 1.09 bits per heavy atom. The molecule has 0 saturated carbocycles. The lowest BCUT2D eigenvalue weighted by molar-refractivity contribution is -0.138. The van der Waals surface area contributed by atoms with Gasteiger partial charge in [0.1, 0.15) is 12.4 Å². The molecule has 34 heavy (non-hydrogen) atoms. The van der Waals surface area contributed by atoms with Crippen molar-refractivity contribution in [2.75, 3.05) is 6.61 Å². The Balaban J connectivity index is 1.53. The summed E-state index contributed by atoms with van der Waals surface area (Å²) in [6.45, 7) is 1.76. The fourth-order valence-electron chi connectivity index (χ4n) is 4.60. The van der Waals surface area contributed by atoms with Crippen LogP contribution >= 0.6 is 0 Å². The van der Waals surface area contributed by atoms with Gasteiger partial charge in [-0.25, -0.2) is 4.98 Å². The number of nitrogens with zero attached hydrogens (tertiary/aromatic N) is 2. The van der Waals surface area contributed by atoms with Crippen LogP contribution < -0.4 is 10.1 Å². The molecule has 3 aromatic rings. The highest BCUT2D eigenvalue weighted by Gasteiger charge is 2.40. The number of hydrogen-bond acceptors (Lipinski definition) is 4. The van der Waals surface area contributed by atoms with Crippen LogP contribution in [0.4, 0.5) is 26.3 Å². The van der Waals surface area contributed by atoms with Gasteiger partial charge in [-0.05, 0) is 43.5 Å². The maximum absolute atomic E-state index is 13.6. The number of hydrogen-bond donors (Lipinski definition) is 2. The lowest BCUT2D eigenvalue weighted by Gasteiger charge is -2.41. The molecule has 1 aliphatic rings. The normalized spacial score (nSPS) is 23.9. The van der Waals surface area contributed by atoms with Crippen LogP contribution in [-0.4, -0.2) is 33.3 Å². The topological polar surface area (TPSA) is 59.3 Å². The fourth-order valence-corrected chi connectivity index (χ4v) is 4.60. The van der Waals surface area contributed by atoms with E-state index >= 15 is 0 Å². The standard InChI is InChI=1S/C23H23F6N3O2/c1-13-9-21(33,14-3-5-15(6-4-14)22(24,25)26)10-16(31-13)11-34-17-7-18(23(27,28)29)20-19(8-17)30-12-32(20)2/h3-8,12-13,16,31,33H,9-11H2,1-2H3/t13-,16-,21-/m0/s1. The second-order valence-electron chi connectivity index (χ2n) is 8.78. The first-order chi connectivity index (χ1) is 15.8. The van der Waals surface area contributed by atoms with Crippen molar-refractivity contribution in [2.45, 2.75) is 49.8 Å². The van der Waals surface area contributed by atoms with Gasteiger partial charge in [0.25, 0.3) is 0 Å². The molecule has 0 radical (unpaired) electrons. The van der Waals surface area contributed by atoms with Crippen molar-refractivity contribution >= 4 is 11.0 Å². The van der Waals surface area contributed by atoms with E-state index in [4.69, 9.17) is 4.74 Å². The van der Waals surface area contributed by atoms with Crippen molar-refractivity contribution in [2.24, 2.45) is 7.05 Å². The van der Waals surface area contributed by atoms with E-state index in [9.17, 15) is 31.4 Å². The minimum absolute atomic E-state index is 0.0170. The molecular formula is C23H23F6N3O2. The predicted octanol–water partition coefficient (Wildman–Crippen LogP) is 5.02. The van der Waals surface area contributed by atoms with E-state index < -0.39 is 35.1 Å². The molecular weight excluding hydrogens is 464 g/mol. The number of nitrogens with one attached hydrogen (secondary N) is 1. The van der Waals surface area contributed by atoms with Crippen molar-refractivity contribution in [3.63, 3.8) is 0 Å². The fraction of sp³-hybridized carbons (Fsp3) is 0.435. The average molecular weight is 487 g/mol. The van der Waals surface area contributed by atoms with Gasteiger partial charge in [0.2, 0.25) is 0 Å². The smallest absolute Gasteiger partial charge is 0.418 e. The zero-order chi connectivity index (χ0) is 24.9. The summed E-state index contributed by atoms with van der Waals surface area (Å²) in [6, 6.07) is 6.02. The van der Waals surface area contributed by atoms with Crippen LogP contribution in [0.25, 0.3) is 11.0 Å². The van der Waals surface area contributed by atoms with Gasteiger partial charge in [0.15, 0.2) is 0 Å². The summed E-state index contributed by atoms with van der Waals surface area (Å²) in [7, 11) is 1.47. The van der Waals surface area contributed by atoms with E-state index in [1.807, 2.05) is 6.92 Å². The number of aryl methyl sites for hydroxylation is 1. The molecule has 1 fully saturated rings. The zero-order valence-corrected chi connectivity index (χ0v) is 18.3. The van der Waals surface area contributed by atoms with Gasteiger partial charge in [-0.3, -0.25) is 0 Å². The van der Waals surface area contributed by atoms with Gasteiger partial charge in [-0.2, -0.15) is 26.3 Å². The van der Waals surface area contributed by atoms with Crippen molar-refractivity contribution < 1.29 is 36.2 Å². The van der Waals surface area contributed by atoms with Crippen molar-refractivity contribution in [1.82, 2.24) is 14.9 Å². The molecule has 0 amide bonds. The number of ether oxygens (including phenoxy) is 1. The van der Waals surface area contributed by atoms with Crippen molar-refractivity contribution in [3.05, 3.63) is 59.4 Å². The third-order valence-corrected chi connectivity index (χ3v) is 6.04. The quantitative estimate of drug-likeness (QED) is 0.508. The number of halogens is 6. The Morgan fingerprint density at radius 2 is 1.76 bits per heavy atom. The maximum Gasteiger partial charge on any atom is 0.418 e. The number of piperidine rings is 1. The second kappa shape index (κ2) is 8.46. The Morgan fingerprint density at radius 3 is 2.38 bits per heavy atom. The molecule has 5 nitrogen and oxygen atoms in total. The van der Waals surface area contributed by atoms with Crippen molar-refractivity contribution in [1.29, 1.82) is 0 Å². The predicted molar refractivity (Wildman–Crippen MR) is 112 cm³/mol. The van der Waals surface area contributed by atoms with Crippen LogP contribution in [0.3, 0.4) is 0 Å². The minimum Gasteiger partial charge on any atom is -0.492 e. The largest absolute Gasteiger partial charge is 0.492 e. The Hall–Kier alpha value is -2.79. The van der Waals surface area contributed by atoms with Crippen LogP contribution in [0.1, 0.15) is 36.5 Å². The molecule has 0 unspecified atom stereocenters. The van der Waals surface area contributed by atoms with Gasteiger partial charge >= 0.3 is 12.4 Å². The Kier molecular flexibility index (Phi) is 6.05. The van der Waals surface area contributed by atoms with E-state index in [1.165, 1.54) is 36.1 Å². The van der Waals surface area contributed by atoms with E-state index in [-0.39, 0.29) is 42.3 Å². The van der Waals surface area contributed by atoms with Crippen LogP contribution in [-0.2, 0) is 25.0 Å². The Labute approximate surface area is 191 Å². The third-order valence-electron chi connectivity index (χ3n) is 6.04. The van der Waals surface area contributed by atoms with Gasteiger partial charge in [0.05, 0.1) is 34.1 Å².